The summed E-state index contributed by atoms with van der Waals surface area (Å²) in [5.41, 5.74) is 1.90. The summed E-state index contributed by atoms with van der Waals surface area (Å²) >= 11 is 5.72. The van der Waals surface area contributed by atoms with Gasteiger partial charge in [0.1, 0.15) is 5.15 Å². The van der Waals surface area contributed by atoms with Gasteiger partial charge in [-0.15, -0.1) is 0 Å². The average Bonchev–Trinajstić information content (AvgIpc) is 2.53. The van der Waals surface area contributed by atoms with Crippen molar-refractivity contribution < 1.29 is 13.2 Å². The van der Waals surface area contributed by atoms with Crippen LogP contribution in [0, 0.1) is 13.8 Å². The van der Waals surface area contributed by atoms with Gasteiger partial charge in [-0.25, -0.2) is 18.1 Å². The van der Waals surface area contributed by atoms with E-state index >= 15 is 0 Å². The normalized spacial score (nSPS) is 11.3. The number of pyridine rings is 1. The number of sulfonamides is 1. The van der Waals surface area contributed by atoms with E-state index in [-0.39, 0.29) is 29.0 Å². The Hall–Kier alpha value is -1.96. The molecule has 1 heterocycles. The van der Waals surface area contributed by atoms with Crippen LogP contribution < -0.4 is 10.0 Å². The topological polar surface area (TPSA) is 88.2 Å². The van der Waals surface area contributed by atoms with E-state index in [1.54, 1.807) is 19.1 Å². The van der Waals surface area contributed by atoms with Crippen LogP contribution in [0.25, 0.3) is 0 Å². The Morgan fingerprint density at radius 3 is 2.62 bits per heavy atom. The number of hydrogen-bond acceptors (Lipinski definition) is 4. The Kier molecular flexibility index (Phi) is 5.93. The zero-order chi connectivity index (χ0) is 17.7. The Bertz CT molecular complexity index is 853. The van der Waals surface area contributed by atoms with Gasteiger partial charge >= 0.3 is 0 Å². The Morgan fingerprint density at radius 2 is 1.92 bits per heavy atom. The van der Waals surface area contributed by atoms with Crippen molar-refractivity contribution in [3.8, 4) is 0 Å². The molecule has 0 aliphatic rings. The highest BCUT2D eigenvalue weighted by molar-refractivity contribution is 7.89. The lowest BCUT2D eigenvalue weighted by molar-refractivity contribution is 0.0954. The first kappa shape index (κ1) is 18.4. The number of nitrogens with zero attached hydrogens (tertiary/aromatic N) is 1. The molecule has 0 atom stereocenters. The summed E-state index contributed by atoms with van der Waals surface area (Å²) < 4.78 is 27.1. The molecule has 0 unspecified atom stereocenters. The summed E-state index contributed by atoms with van der Waals surface area (Å²) in [5, 5.41) is 2.84. The lowest BCUT2D eigenvalue weighted by Crippen LogP contribution is -2.35. The van der Waals surface area contributed by atoms with Crippen molar-refractivity contribution in [3.05, 3.63) is 58.4 Å². The van der Waals surface area contributed by atoms with Gasteiger partial charge in [0.25, 0.3) is 5.91 Å². The lowest BCUT2D eigenvalue weighted by Gasteiger charge is -2.11. The molecule has 24 heavy (non-hydrogen) atoms. The minimum Gasteiger partial charge on any atom is -0.351 e. The summed E-state index contributed by atoms with van der Waals surface area (Å²) in [6.07, 6.45) is 1.43. The number of aryl methyl sites for hydroxylation is 2. The number of amides is 1. The first-order valence-electron chi connectivity index (χ1n) is 7.26. The number of benzene rings is 1. The number of hydrogen-bond donors (Lipinski definition) is 2. The van der Waals surface area contributed by atoms with Crippen LogP contribution in [0.5, 0.6) is 0 Å². The molecular formula is C16H18ClN3O3S. The highest BCUT2D eigenvalue weighted by atomic mass is 35.5. The van der Waals surface area contributed by atoms with E-state index in [2.05, 4.69) is 15.0 Å². The van der Waals surface area contributed by atoms with Crippen LogP contribution in [0.3, 0.4) is 0 Å². The number of carbonyl (C=O) groups is 1. The van der Waals surface area contributed by atoms with E-state index in [0.717, 1.165) is 5.56 Å². The van der Waals surface area contributed by atoms with Crippen LogP contribution >= 0.6 is 11.6 Å². The minimum atomic E-state index is -3.62. The van der Waals surface area contributed by atoms with Gasteiger partial charge in [0, 0.05) is 24.8 Å². The van der Waals surface area contributed by atoms with E-state index in [0.29, 0.717) is 11.1 Å². The second-order valence-corrected chi connectivity index (χ2v) is 7.41. The van der Waals surface area contributed by atoms with Crippen molar-refractivity contribution in [1.82, 2.24) is 15.0 Å². The largest absolute Gasteiger partial charge is 0.351 e. The van der Waals surface area contributed by atoms with Gasteiger partial charge in [0.05, 0.1) is 4.90 Å². The van der Waals surface area contributed by atoms with Crippen LogP contribution in [0.2, 0.25) is 5.15 Å². The fourth-order valence-corrected chi connectivity index (χ4v) is 3.61. The van der Waals surface area contributed by atoms with E-state index in [1.807, 2.05) is 13.0 Å². The van der Waals surface area contributed by atoms with Crippen molar-refractivity contribution in [2.45, 2.75) is 18.7 Å². The maximum Gasteiger partial charge on any atom is 0.251 e. The molecule has 1 amide bonds. The maximum atomic E-state index is 12.3. The fourth-order valence-electron chi connectivity index (χ4n) is 2.08. The zero-order valence-electron chi connectivity index (χ0n) is 13.3. The first-order valence-corrected chi connectivity index (χ1v) is 9.12. The number of carbonyl (C=O) groups excluding carboxylic acids is 1. The van der Waals surface area contributed by atoms with Crippen molar-refractivity contribution in [2.24, 2.45) is 0 Å². The minimum absolute atomic E-state index is 0.0836. The van der Waals surface area contributed by atoms with E-state index in [9.17, 15) is 13.2 Å². The third kappa shape index (κ3) is 4.77. The fraction of sp³-hybridized carbons (Fsp3) is 0.250. The molecule has 0 saturated heterocycles. The molecule has 8 heteroatoms. The summed E-state index contributed by atoms with van der Waals surface area (Å²) in [6, 6.07) is 8.21. The van der Waals surface area contributed by atoms with Gasteiger partial charge in [-0.1, -0.05) is 23.7 Å². The van der Waals surface area contributed by atoms with Gasteiger partial charge in [0.2, 0.25) is 10.0 Å². The molecule has 1 aromatic heterocycles. The highest BCUT2D eigenvalue weighted by Gasteiger charge is 2.16. The number of rotatable bonds is 6. The van der Waals surface area contributed by atoms with E-state index in [4.69, 9.17) is 11.6 Å². The van der Waals surface area contributed by atoms with Gasteiger partial charge in [-0.3, -0.25) is 4.79 Å². The van der Waals surface area contributed by atoms with Crippen molar-refractivity contribution in [1.29, 1.82) is 0 Å². The lowest BCUT2D eigenvalue weighted by atomic mass is 10.2. The summed E-state index contributed by atoms with van der Waals surface area (Å²) in [5.74, 6) is -0.342. The van der Waals surface area contributed by atoms with Crippen LogP contribution in [0.15, 0.2) is 41.4 Å². The van der Waals surface area contributed by atoms with E-state index in [1.165, 1.54) is 18.3 Å². The molecule has 0 radical (unpaired) electrons. The standard InChI is InChI=1S/C16H18ClN3O3S/c1-11-3-4-12(2)14(9-11)24(22,23)20-8-7-19-16(21)13-5-6-18-15(17)10-13/h3-6,9-10,20H,7-8H2,1-2H3,(H,19,21). The molecule has 0 fully saturated rings. The third-order valence-electron chi connectivity index (χ3n) is 3.32. The van der Waals surface area contributed by atoms with Crippen LogP contribution in [-0.4, -0.2) is 32.4 Å². The van der Waals surface area contributed by atoms with E-state index < -0.39 is 10.0 Å². The highest BCUT2D eigenvalue weighted by Crippen LogP contribution is 2.16. The molecule has 0 aliphatic heterocycles. The monoisotopic (exact) mass is 367 g/mol. The molecule has 0 aliphatic carbocycles. The van der Waals surface area contributed by atoms with Crippen LogP contribution in [0.1, 0.15) is 21.5 Å². The SMILES string of the molecule is Cc1ccc(C)c(S(=O)(=O)NCCNC(=O)c2ccnc(Cl)c2)c1. The summed E-state index contributed by atoms with van der Waals surface area (Å²) in [4.78, 5) is 16.0. The zero-order valence-corrected chi connectivity index (χ0v) is 14.9. The summed E-state index contributed by atoms with van der Waals surface area (Å²) in [7, 11) is -3.62. The Morgan fingerprint density at radius 1 is 1.17 bits per heavy atom. The maximum absolute atomic E-state index is 12.3. The quantitative estimate of drug-likeness (QED) is 0.604. The predicted molar refractivity (Wildman–Crippen MR) is 92.7 cm³/mol. The number of nitrogens with one attached hydrogen (secondary N) is 2. The Labute approximate surface area is 146 Å². The number of aromatic nitrogens is 1. The molecule has 1 aromatic carbocycles. The molecule has 0 bridgehead atoms. The third-order valence-corrected chi connectivity index (χ3v) is 5.13. The molecule has 128 valence electrons. The molecular weight excluding hydrogens is 350 g/mol. The second kappa shape index (κ2) is 7.74. The van der Waals surface area contributed by atoms with Crippen molar-refractivity contribution in [2.75, 3.05) is 13.1 Å². The predicted octanol–water partition coefficient (Wildman–Crippen LogP) is 2.06. The van der Waals surface area contributed by atoms with Gasteiger partial charge in [-0.05, 0) is 43.2 Å². The molecule has 0 spiro atoms. The average molecular weight is 368 g/mol. The van der Waals surface area contributed by atoms with Gasteiger partial charge in [0.15, 0.2) is 0 Å². The molecule has 2 N–H and O–H groups in total. The van der Waals surface area contributed by atoms with Gasteiger partial charge < -0.3 is 5.32 Å². The smallest absolute Gasteiger partial charge is 0.251 e. The molecule has 6 nitrogen and oxygen atoms in total. The van der Waals surface area contributed by atoms with Crippen LogP contribution in [-0.2, 0) is 10.0 Å². The molecule has 2 aromatic rings. The van der Waals surface area contributed by atoms with Crippen LogP contribution in [0.4, 0.5) is 0 Å². The number of halogens is 1. The van der Waals surface area contributed by atoms with Gasteiger partial charge in [-0.2, -0.15) is 0 Å². The summed E-state index contributed by atoms with van der Waals surface area (Å²) in [6.45, 7) is 3.81. The molecule has 2 rings (SSSR count). The first-order chi connectivity index (χ1) is 11.3. The molecule has 0 saturated carbocycles. The Balaban J connectivity index is 1.92. The second-order valence-electron chi connectivity index (χ2n) is 5.29. The van der Waals surface area contributed by atoms with Crippen molar-refractivity contribution >= 4 is 27.5 Å². The van der Waals surface area contributed by atoms with Crippen molar-refractivity contribution in [3.63, 3.8) is 0 Å².